The third kappa shape index (κ3) is 3.71. The van der Waals surface area contributed by atoms with Gasteiger partial charge in [-0.2, -0.15) is 0 Å². The van der Waals surface area contributed by atoms with Gasteiger partial charge in [0.15, 0.2) is 0 Å². The number of fused-ring (bicyclic) bond motifs is 10. The number of hydrogen-bond donors (Lipinski definition) is 0. The van der Waals surface area contributed by atoms with Crippen LogP contribution in [0.5, 0.6) is 0 Å². The second-order valence-electron chi connectivity index (χ2n) is 11.8. The molecule has 0 saturated carbocycles. The number of aromatic nitrogens is 3. The Hall–Kier alpha value is -5.84. The molecule has 7 aromatic carbocycles. The van der Waals surface area contributed by atoms with Crippen LogP contribution < -0.4 is 0 Å². The van der Waals surface area contributed by atoms with Crippen molar-refractivity contribution in [3.05, 3.63) is 152 Å². The van der Waals surface area contributed by atoms with E-state index >= 15 is 0 Å². The van der Waals surface area contributed by atoms with E-state index in [0.29, 0.717) is 5.95 Å². The first-order chi connectivity index (χ1) is 22.8. The largest absolute Gasteiger partial charge is 0.277 e. The van der Waals surface area contributed by atoms with Crippen molar-refractivity contribution in [2.75, 3.05) is 0 Å². The molecule has 46 heavy (non-hydrogen) atoms. The second-order valence-corrected chi connectivity index (χ2v) is 12.8. The van der Waals surface area contributed by atoms with Crippen molar-refractivity contribution in [3.8, 4) is 28.3 Å². The first-order valence-corrected chi connectivity index (χ1v) is 16.3. The molecule has 3 aromatic heterocycles. The molecule has 0 saturated heterocycles. The number of rotatable bonds is 3. The van der Waals surface area contributed by atoms with Gasteiger partial charge in [0, 0.05) is 37.2 Å². The van der Waals surface area contributed by atoms with Crippen LogP contribution in [0.2, 0.25) is 0 Å². The smallest absolute Gasteiger partial charge is 0.236 e. The molecule has 0 radical (unpaired) electrons. The summed E-state index contributed by atoms with van der Waals surface area (Å²) in [5.74, 6) is 0.686. The minimum absolute atomic E-state index is 0.686. The van der Waals surface area contributed by atoms with Crippen LogP contribution in [0.25, 0.3) is 92.0 Å². The molecule has 0 aliphatic heterocycles. The molecule has 0 aliphatic carbocycles. The maximum Gasteiger partial charge on any atom is 0.236 e. The molecule has 0 spiro atoms. The zero-order valence-corrected chi connectivity index (χ0v) is 25.5. The van der Waals surface area contributed by atoms with Gasteiger partial charge in [-0.25, -0.2) is 9.97 Å². The zero-order chi connectivity index (χ0) is 30.2. The molecule has 0 bridgehead atoms. The van der Waals surface area contributed by atoms with Crippen molar-refractivity contribution in [2.45, 2.75) is 0 Å². The third-order valence-electron chi connectivity index (χ3n) is 9.21. The van der Waals surface area contributed by atoms with Gasteiger partial charge in [0.1, 0.15) is 4.83 Å². The molecule has 0 aliphatic rings. The van der Waals surface area contributed by atoms with E-state index in [4.69, 9.17) is 9.97 Å². The van der Waals surface area contributed by atoms with Crippen LogP contribution >= 0.6 is 11.3 Å². The van der Waals surface area contributed by atoms with Gasteiger partial charge < -0.3 is 0 Å². The first kappa shape index (κ1) is 25.5. The van der Waals surface area contributed by atoms with E-state index < -0.39 is 0 Å². The number of nitrogens with zero attached hydrogens (tertiary/aromatic N) is 3. The fourth-order valence-electron chi connectivity index (χ4n) is 7.15. The van der Waals surface area contributed by atoms with Crippen molar-refractivity contribution in [2.24, 2.45) is 0 Å². The Morgan fingerprint density at radius 1 is 0.457 bits per heavy atom. The van der Waals surface area contributed by atoms with Crippen molar-refractivity contribution in [1.29, 1.82) is 0 Å². The number of thiophene rings is 1. The SMILES string of the molecule is c1ccc(-c2cccc(-c3nc(-n4c5ccc6ccccc6c5c5ccc6ccccc6c54)nc4sc5ccccc5c34)c2)cc1. The lowest BCUT2D eigenvalue weighted by Crippen LogP contribution is -2.03. The van der Waals surface area contributed by atoms with Crippen LogP contribution in [0.3, 0.4) is 0 Å². The highest BCUT2D eigenvalue weighted by atomic mass is 32.1. The van der Waals surface area contributed by atoms with Gasteiger partial charge in [-0.05, 0) is 45.5 Å². The summed E-state index contributed by atoms with van der Waals surface area (Å²) in [5, 5.41) is 9.57. The fourth-order valence-corrected chi connectivity index (χ4v) is 8.22. The predicted molar refractivity (Wildman–Crippen MR) is 195 cm³/mol. The summed E-state index contributed by atoms with van der Waals surface area (Å²) >= 11 is 1.74. The van der Waals surface area contributed by atoms with E-state index in [-0.39, 0.29) is 0 Å². The Bertz CT molecular complexity index is 2810. The molecule has 214 valence electrons. The number of hydrogen-bond acceptors (Lipinski definition) is 3. The minimum Gasteiger partial charge on any atom is -0.277 e. The summed E-state index contributed by atoms with van der Waals surface area (Å²) in [5.41, 5.74) is 6.62. The molecular formula is C42H25N3S. The van der Waals surface area contributed by atoms with Gasteiger partial charge in [0.25, 0.3) is 0 Å². The summed E-state index contributed by atoms with van der Waals surface area (Å²) in [6.07, 6.45) is 0. The van der Waals surface area contributed by atoms with E-state index in [0.717, 1.165) is 32.5 Å². The fraction of sp³-hybridized carbons (Fsp3) is 0. The van der Waals surface area contributed by atoms with Crippen molar-refractivity contribution >= 4 is 75.0 Å². The van der Waals surface area contributed by atoms with Crippen LogP contribution in [0.4, 0.5) is 0 Å². The monoisotopic (exact) mass is 603 g/mol. The Labute approximate surface area is 268 Å². The molecule has 4 heteroatoms. The van der Waals surface area contributed by atoms with Gasteiger partial charge in [-0.15, -0.1) is 11.3 Å². The van der Waals surface area contributed by atoms with E-state index in [2.05, 4.69) is 156 Å². The van der Waals surface area contributed by atoms with Gasteiger partial charge in [-0.1, -0.05) is 133 Å². The van der Waals surface area contributed by atoms with Gasteiger partial charge >= 0.3 is 0 Å². The molecule has 3 heterocycles. The van der Waals surface area contributed by atoms with E-state index in [9.17, 15) is 0 Å². The summed E-state index contributed by atoms with van der Waals surface area (Å²) in [6.45, 7) is 0. The number of benzene rings is 7. The molecular weight excluding hydrogens is 579 g/mol. The van der Waals surface area contributed by atoms with Gasteiger partial charge in [0.2, 0.25) is 5.95 Å². The Kier molecular flexibility index (Phi) is 5.45. The summed E-state index contributed by atoms with van der Waals surface area (Å²) < 4.78 is 3.51. The summed E-state index contributed by atoms with van der Waals surface area (Å²) in [4.78, 5) is 11.9. The lowest BCUT2D eigenvalue weighted by atomic mass is 10.00. The highest BCUT2D eigenvalue weighted by Crippen LogP contribution is 2.43. The van der Waals surface area contributed by atoms with Crippen LogP contribution in [-0.4, -0.2) is 14.5 Å². The van der Waals surface area contributed by atoms with Crippen LogP contribution in [0, 0.1) is 0 Å². The van der Waals surface area contributed by atoms with Crippen LogP contribution in [0.15, 0.2) is 152 Å². The average Bonchev–Trinajstić information content (AvgIpc) is 3.68. The Morgan fingerprint density at radius 3 is 2.00 bits per heavy atom. The summed E-state index contributed by atoms with van der Waals surface area (Å²) in [7, 11) is 0. The lowest BCUT2D eigenvalue weighted by Gasteiger charge is -2.12. The van der Waals surface area contributed by atoms with Crippen molar-refractivity contribution < 1.29 is 0 Å². The molecule has 0 amide bonds. The quantitative estimate of drug-likeness (QED) is 0.201. The molecule has 0 fully saturated rings. The van der Waals surface area contributed by atoms with Crippen LogP contribution in [0.1, 0.15) is 0 Å². The minimum atomic E-state index is 0.686. The second kappa shape index (κ2) is 9.83. The van der Waals surface area contributed by atoms with Crippen molar-refractivity contribution in [1.82, 2.24) is 14.5 Å². The van der Waals surface area contributed by atoms with E-state index in [1.165, 1.54) is 53.5 Å². The molecule has 3 nitrogen and oxygen atoms in total. The van der Waals surface area contributed by atoms with E-state index in [1.54, 1.807) is 11.3 Å². The van der Waals surface area contributed by atoms with Gasteiger partial charge in [-0.3, -0.25) is 4.57 Å². The average molecular weight is 604 g/mol. The van der Waals surface area contributed by atoms with Crippen LogP contribution in [-0.2, 0) is 0 Å². The molecule has 0 N–H and O–H groups in total. The standard InChI is InChI=1S/C42H25N3S/c1-2-11-26(12-3-1)29-15-10-16-30(25-29)39-38-33-19-8-9-20-36(33)46-41(38)44-42(43-39)45-35-24-22-27-13-4-6-17-31(27)37(35)34-23-21-28-14-5-7-18-32(28)40(34)45/h1-25H. The lowest BCUT2D eigenvalue weighted by molar-refractivity contribution is 1.02. The predicted octanol–water partition coefficient (Wildman–Crippen LogP) is 11.6. The molecule has 10 aromatic rings. The Morgan fingerprint density at radius 2 is 1.13 bits per heavy atom. The topological polar surface area (TPSA) is 30.7 Å². The summed E-state index contributed by atoms with van der Waals surface area (Å²) in [6, 6.07) is 54.2. The van der Waals surface area contributed by atoms with E-state index in [1.807, 2.05) is 0 Å². The maximum atomic E-state index is 5.52. The third-order valence-corrected chi connectivity index (χ3v) is 10.3. The zero-order valence-electron chi connectivity index (χ0n) is 24.7. The normalized spacial score (nSPS) is 11.9. The Balaban J connectivity index is 1.36. The van der Waals surface area contributed by atoms with Crippen molar-refractivity contribution in [3.63, 3.8) is 0 Å². The highest BCUT2D eigenvalue weighted by Gasteiger charge is 2.22. The highest BCUT2D eigenvalue weighted by molar-refractivity contribution is 7.25. The molecule has 0 unspecified atom stereocenters. The molecule has 10 rings (SSSR count). The van der Waals surface area contributed by atoms with Gasteiger partial charge in [0.05, 0.1) is 16.7 Å². The maximum absolute atomic E-state index is 5.52. The molecule has 0 atom stereocenters. The first-order valence-electron chi connectivity index (χ1n) is 15.5.